The van der Waals surface area contributed by atoms with E-state index in [9.17, 15) is 13.2 Å². The largest absolute Gasteiger partial charge is 0.416 e. The molecule has 1 atom stereocenters. The smallest absolute Gasteiger partial charge is 0.330 e. The number of rotatable bonds is 1. The van der Waals surface area contributed by atoms with E-state index in [4.69, 9.17) is 5.73 Å². The van der Waals surface area contributed by atoms with Gasteiger partial charge in [-0.05, 0) is 36.5 Å². The molecule has 0 fully saturated rings. The second-order valence-electron chi connectivity index (χ2n) is 4.95. The highest BCUT2D eigenvalue weighted by atomic mass is 19.4. The zero-order chi connectivity index (χ0) is 12.7. The summed E-state index contributed by atoms with van der Waals surface area (Å²) in [4.78, 5) is 0. The Bertz CT molecular complexity index is 425. The summed E-state index contributed by atoms with van der Waals surface area (Å²) < 4.78 is 38.7. The first kappa shape index (κ1) is 12.4. The van der Waals surface area contributed by atoms with Crippen LogP contribution < -0.4 is 5.73 Å². The minimum absolute atomic E-state index is 0.311. The van der Waals surface area contributed by atoms with Crippen molar-refractivity contribution in [3.05, 3.63) is 34.9 Å². The van der Waals surface area contributed by atoms with Gasteiger partial charge in [-0.3, -0.25) is 0 Å². The molecule has 0 bridgehead atoms. The van der Waals surface area contributed by atoms with Gasteiger partial charge in [0, 0.05) is 12.0 Å². The van der Waals surface area contributed by atoms with Crippen molar-refractivity contribution >= 4 is 0 Å². The SMILES string of the molecule is CC1(CN)CCCc2c(C(F)(F)F)cccc21. The van der Waals surface area contributed by atoms with E-state index >= 15 is 0 Å². The summed E-state index contributed by atoms with van der Waals surface area (Å²) in [5.74, 6) is 0. The summed E-state index contributed by atoms with van der Waals surface area (Å²) in [6.45, 7) is 2.34. The molecule has 0 spiro atoms. The van der Waals surface area contributed by atoms with E-state index in [2.05, 4.69) is 0 Å². The number of alkyl halides is 3. The van der Waals surface area contributed by atoms with Crippen molar-refractivity contribution in [1.82, 2.24) is 0 Å². The second kappa shape index (κ2) is 4.02. The van der Waals surface area contributed by atoms with Crippen LogP contribution in [0.25, 0.3) is 0 Å². The maximum atomic E-state index is 12.9. The van der Waals surface area contributed by atoms with Crippen LogP contribution in [-0.4, -0.2) is 6.54 Å². The Morgan fingerprint density at radius 3 is 2.65 bits per heavy atom. The molecule has 0 radical (unpaired) electrons. The Morgan fingerprint density at radius 2 is 2.06 bits per heavy atom. The Hall–Kier alpha value is -1.03. The predicted molar refractivity (Wildman–Crippen MR) is 60.8 cm³/mol. The molecule has 0 heterocycles. The summed E-state index contributed by atoms with van der Waals surface area (Å²) in [5.41, 5.74) is 6.15. The van der Waals surface area contributed by atoms with Crippen LogP contribution in [0.2, 0.25) is 0 Å². The van der Waals surface area contributed by atoms with Crippen molar-refractivity contribution in [3.63, 3.8) is 0 Å². The van der Waals surface area contributed by atoms with E-state index < -0.39 is 11.7 Å². The van der Waals surface area contributed by atoms with Crippen LogP contribution in [0.3, 0.4) is 0 Å². The maximum absolute atomic E-state index is 12.9. The lowest BCUT2D eigenvalue weighted by atomic mass is 9.70. The number of nitrogens with two attached hydrogens (primary N) is 1. The number of benzene rings is 1. The van der Waals surface area contributed by atoms with E-state index in [1.165, 1.54) is 12.1 Å². The van der Waals surface area contributed by atoms with Crippen molar-refractivity contribution in [3.8, 4) is 0 Å². The average molecular weight is 243 g/mol. The molecule has 0 aliphatic heterocycles. The van der Waals surface area contributed by atoms with E-state index in [0.717, 1.165) is 18.4 Å². The predicted octanol–water partition coefficient (Wildman–Crippen LogP) is 3.26. The molecule has 17 heavy (non-hydrogen) atoms. The summed E-state index contributed by atoms with van der Waals surface area (Å²) in [5, 5.41) is 0. The van der Waals surface area contributed by atoms with E-state index in [0.29, 0.717) is 18.5 Å². The van der Waals surface area contributed by atoms with Crippen molar-refractivity contribution in [2.24, 2.45) is 5.73 Å². The second-order valence-corrected chi connectivity index (χ2v) is 4.95. The molecule has 2 rings (SSSR count). The average Bonchev–Trinajstić information content (AvgIpc) is 2.28. The number of fused-ring (bicyclic) bond motifs is 1. The third-order valence-corrected chi connectivity index (χ3v) is 3.74. The van der Waals surface area contributed by atoms with Crippen molar-refractivity contribution < 1.29 is 13.2 Å². The Labute approximate surface area is 98.8 Å². The molecule has 1 aromatic rings. The lowest BCUT2D eigenvalue weighted by Gasteiger charge is -2.36. The molecular weight excluding hydrogens is 227 g/mol. The summed E-state index contributed by atoms with van der Waals surface area (Å²) in [7, 11) is 0. The van der Waals surface area contributed by atoms with Gasteiger partial charge in [0.25, 0.3) is 0 Å². The van der Waals surface area contributed by atoms with Crippen LogP contribution in [-0.2, 0) is 18.0 Å². The Kier molecular flexibility index (Phi) is 2.94. The standard InChI is InChI=1S/C13H16F3N/c1-12(8-17)7-3-4-9-10(12)5-2-6-11(9)13(14,15)16/h2,5-6H,3-4,7-8,17H2,1H3. The van der Waals surface area contributed by atoms with Crippen LogP contribution in [0.1, 0.15) is 36.5 Å². The van der Waals surface area contributed by atoms with E-state index in [1.807, 2.05) is 6.92 Å². The lowest BCUT2D eigenvalue weighted by molar-refractivity contribution is -0.138. The minimum atomic E-state index is -4.27. The number of halogens is 3. The van der Waals surface area contributed by atoms with Gasteiger partial charge in [-0.2, -0.15) is 13.2 Å². The van der Waals surface area contributed by atoms with Crippen LogP contribution in [0.4, 0.5) is 13.2 Å². The molecule has 1 aromatic carbocycles. The van der Waals surface area contributed by atoms with Gasteiger partial charge in [-0.1, -0.05) is 19.1 Å². The van der Waals surface area contributed by atoms with Crippen molar-refractivity contribution in [2.45, 2.75) is 37.8 Å². The molecule has 1 unspecified atom stereocenters. The summed E-state index contributed by atoms with van der Waals surface area (Å²) in [6, 6.07) is 4.44. The van der Waals surface area contributed by atoms with Crippen LogP contribution in [0.15, 0.2) is 18.2 Å². The molecule has 0 aromatic heterocycles. The monoisotopic (exact) mass is 243 g/mol. The maximum Gasteiger partial charge on any atom is 0.416 e. The highest BCUT2D eigenvalue weighted by Gasteiger charge is 2.38. The summed E-state index contributed by atoms with van der Waals surface area (Å²) >= 11 is 0. The van der Waals surface area contributed by atoms with Gasteiger partial charge in [0.05, 0.1) is 5.56 Å². The molecule has 2 N–H and O–H groups in total. The molecular formula is C13H16F3N. The van der Waals surface area contributed by atoms with Crippen molar-refractivity contribution in [2.75, 3.05) is 6.54 Å². The molecule has 0 amide bonds. The van der Waals surface area contributed by atoms with Gasteiger partial charge in [-0.15, -0.1) is 0 Å². The van der Waals surface area contributed by atoms with Crippen LogP contribution in [0, 0.1) is 0 Å². The molecule has 0 saturated carbocycles. The summed E-state index contributed by atoms with van der Waals surface area (Å²) in [6.07, 6.45) is -2.13. The first-order valence-corrected chi connectivity index (χ1v) is 5.78. The molecule has 0 saturated heterocycles. The Morgan fingerprint density at radius 1 is 1.35 bits per heavy atom. The third kappa shape index (κ3) is 2.06. The fourth-order valence-corrected chi connectivity index (χ4v) is 2.69. The van der Waals surface area contributed by atoms with Gasteiger partial charge < -0.3 is 5.73 Å². The minimum Gasteiger partial charge on any atom is -0.330 e. The number of hydrogen-bond acceptors (Lipinski definition) is 1. The fraction of sp³-hybridized carbons (Fsp3) is 0.538. The van der Waals surface area contributed by atoms with E-state index in [1.54, 1.807) is 6.07 Å². The van der Waals surface area contributed by atoms with Crippen LogP contribution >= 0.6 is 0 Å². The van der Waals surface area contributed by atoms with Gasteiger partial charge in [0.2, 0.25) is 0 Å². The zero-order valence-corrected chi connectivity index (χ0v) is 9.77. The normalized spacial score (nSPS) is 24.5. The van der Waals surface area contributed by atoms with Gasteiger partial charge in [-0.25, -0.2) is 0 Å². The third-order valence-electron chi connectivity index (χ3n) is 3.74. The lowest BCUT2D eigenvalue weighted by Crippen LogP contribution is -2.36. The highest BCUT2D eigenvalue weighted by molar-refractivity contribution is 5.43. The molecule has 94 valence electrons. The van der Waals surface area contributed by atoms with Crippen LogP contribution in [0.5, 0.6) is 0 Å². The van der Waals surface area contributed by atoms with Crippen molar-refractivity contribution in [1.29, 1.82) is 0 Å². The topological polar surface area (TPSA) is 26.0 Å². The van der Waals surface area contributed by atoms with Gasteiger partial charge >= 0.3 is 6.18 Å². The fourth-order valence-electron chi connectivity index (χ4n) is 2.69. The molecule has 1 aliphatic carbocycles. The number of hydrogen-bond donors (Lipinski definition) is 1. The zero-order valence-electron chi connectivity index (χ0n) is 9.77. The van der Waals surface area contributed by atoms with E-state index in [-0.39, 0.29) is 5.41 Å². The Balaban J connectivity index is 2.60. The molecule has 4 heteroatoms. The molecule has 1 aliphatic rings. The first-order valence-electron chi connectivity index (χ1n) is 5.78. The first-order chi connectivity index (χ1) is 7.88. The highest BCUT2D eigenvalue weighted by Crippen LogP contribution is 2.42. The molecule has 1 nitrogen and oxygen atoms in total. The quantitative estimate of drug-likeness (QED) is 0.805. The van der Waals surface area contributed by atoms with Gasteiger partial charge in [0.15, 0.2) is 0 Å². The van der Waals surface area contributed by atoms with Gasteiger partial charge in [0.1, 0.15) is 0 Å².